The fraction of sp³-hybridized carbons (Fsp3) is 0.917. The first kappa shape index (κ1) is 20.3. The zero-order valence-corrected chi connectivity index (χ0v) is 12.0. The first-order valence-electron chi connectivity index (χ1n) is 6.79. The van der Waals surface area contributed by atoms with Gasteiger partial charge in [0, 0.05) is 0 Å². The molecule has 0 aliphatic carbocycles. The molecular weight excluding hydrogens is 320 g/mol. The Morgan fingerprint density at radius 2 is 1.61 bits per heavy atom. The summed E-state index contributed by atoms with van der Waals surface area (Å²) in [7, 11) is 0. The second-order valence-electron chi connectivity index (χ2n) is 5.41. The SMILES string of the molecule is O=C[C@H](O)[C@@H](O)[C@@](O)(C1O[C@H](CO)[C@@H](O)[C@H](O)[C@@H]1O)[C@H](O)CO. The van der Waals surface area contributed by atoms with E-state index in [4.69, 9.17) is 14.9 Å². The van der Waals surface area contributed by atoms with E-state index in [1.54, 1.807) is 0 Å². The number of aldehydes is 1. The topological polar surface area (TPSA) is 208 Å². The van der Waals surface area contributed by atoms with Crippen LogP contribution in [0.1, 0.15) is 0 Å². The lowest BCUT2D eigenvalue weighted by Gasteiger charge is -2.49. The van der Waals surface area contributed by atoms with Crippen LogP contribution in [0.25, 0.3) is 0 Å². The second kappa shape index (κ2) is 7.90. The van der Waals surface area contributed by atoms with E-state index in [9.17, 15) is 40.5 Å². The Morgan fingerprint density at radius 3 is 2.04 bits per heavy atom. The summed E-state index contributed by atoms with van der Waals surface area (Å²) in [5.74, 6) is 0. The van der Waals surface area contributed by atoms with Gasteiger partial charge in [0.2, 0.25) is 0 Å². The Balaban J connectivity index is 3.27. The summed E-state index contributed by atoms with van der Waals surface area (Å²) in [6.45, 7) is -2.01. The molecule has 0 spiro atoms. The molecule has 136 valence electrons. The summed E-state index contributed by atoms with van der Waals surface area (Å²) in [6, 6.07) is 0. The third kappa shape index (κ3) is 3.53. The van der Waals surface area contributed by atoms with Crippen molar-refractivity contribution in [3.8, 4) is 0 Å². The van der Waals surface area contributed by atoms with Crippen LogP contribution in [0, 0.1) is 0 Å². The molecular formula is C12H22O11. The van der Waals surface area contributed by atoms with Crippen LogP contribution in [0.15, 0.2) is 0 Å². The highest BCUT2D eigenvalue weighted by Crippen LogP contribution is 2.33. The first-order valence-corrected chi connectivity index (χ1v) is 6.79. The molecule has 0 amide bonds. The quantitative estimate of drug-likeness (QED) is 0.199. The number of rotatable bonds is 7. The summed E-state index contributed by atoms with van der Waals surface area (Å²) in [4.78, 5) is 10.6. The van der Waals surface area contributed by atoms with Crippen molar-refractivity contribution < 1.29 is 55.5 Å². The largest absolute Gasteiger partial charge is 0.394 e. The molecule has 1 aliphatic heterocycles. The molecule has 0 aromatic heterocycles. The van der Waals surface area contributed by atoms with Gasteiger partial charge in [0.15, 0.2) is 6.29 Å². The zero-order chi connectivity index (χ0) is 17.9. The van der Waals surface area contributed by atoms with Crippen LogP contribution in [0.4, 0.5) is 0 Å². The molecule has 9 N–H and O–H groups in total. The summed E-state index contributed by atoms with van der Waals surface area (Å²) >= 11 is 0. The van der Waals surface area contributed by atoms with Crippen LogP contribution in [-0.2, 0) is 9.53 Å². The summed E-state index contributed by atoms with van der Waals surface area (Å²) in [5, 5.41) is 87.1. The van der Waals surface area contributed by atoms with E-state index in [-0.39, 0.29) is 6.29 Å². The number of carbonyl (C=O) groups is 1. The molecule has 0 aromatic carbocycles. The average Bonchev–Trinajstić information content (AvgIpc) is 2.56. The summed E-state index contributed by atoms with van der Waals surface area (Å²) < 4.78 is 5.02. The van der Waals surface area contributed by atoms with Gasteiger partial charge in [0.1, 0.15) is 54.4 Å². The molecule has 11 nitrogen and oxygen atoms in total. The van der Waals surface area contributed by atoms with Crippen molar-refractivity contribution >= 4 is 6.29 Å². The zero-order valence-electron chi connectivity index (χ0n) is 12.0. The maximum absolute atomic E-state index is 10.6. The molecule has 0 radical (unpaired) electrons. The van der Waals surface area contributed by atoms with E-state index >= 15 is 0 Å². The Kier molecular flexibility index (Phi) is 6.97. The van der Waals surface area contributed by atoms with E-state index < -0.39 is 67.6 Å². The first-order chi connectivity index (χ1) is 10.7. The lowest BCUT2D eigenvalue weighted by molar-refractivity contribution is -0.309. The van der Waals surface area contributed by atoms with Crippen LogP contribution < -0.4 is 0 Å². The molecule has 23 heavy (non-hydrogen) atoms. The molecule has 0 saturated carbocycles. The van der Waals surface area contributed by atoms with Gasteiger partial charge in [-0.3, -0.25) is 0 Å². The van der Waals surface area contributed by atoms with Gasteiger partial charge in [-0.05, 0) is 0 Å². The van der Waals surface area contributed by atoms with Gasteiger partial charge >= 0.3 is 0 Å². The summed E-state index contributed by atoms with van der Waals surface area (Å²) in [5.41, 5.74) is -3.00. The maximum Gasteiger partial charge on any atom is 0.151 e. The molecule has 9 atom stereocenters. The highest BCUT2D eigenvalue weighted by molar-refractivity contribution is 5.57. The minimum absolute atomic E-state index is 0.163. The monoisotopic (exact) mass is 342 g/mol. The van der Waals surface area contributed by atoms with Crippen molar-refractivity contribution in [2.75, 3.05) is 13.2 Å². The Hall–Kier alpha value is -0.730. The molecule has 1 aliphatic rings. The Bertz CT molecular complexity index is 391. The number of ether oxygens (including phenoxy) is 1. The predicted molar refractivity (Wildman–Crippen MR) is 69.9 cm³/mol. The third-order valence-electron chi connectivity index (χ3n) is 3.99. The lowest BCUT2D eigenvalue weighted by atomic mass is 9.76. The fourth-order valence-electron chi connectivity index (χ4n) is 2.53. The molecule has 11 heteroatoms. The fourth-order valence-corrected chi connectivity index (χ4v) is 2.53. The number of carbonyl (C=O) groups excluding carboxylic acids is 1. The van der Waals surface area contributed by atoms with Crippen LogP contribution in [0.5, 0.6) is 0 Å². The predicted octanol–water partition coefficient (Wildman–Crippen LogP) is -6.17. The van der Waals surface area contributed by atoms with Gasteiger partial charge in [-0.1, -0.05) is 0 Å². The highest BCUT2D eigenvalue weighted by atomic mass is 16.6. The van der Waals surface area contributed by atoms with Crippen LogP contribution in [-0.4, -0.2) is 120 Å². The molecule has 1 unspecified atom stereocenters. The van der Waals surface area contributed by atoms with Gasteiger partial charge < -0.3 is 55.5 Å². The Labute approximate surface area is 130 Å². The van der Waals surface area contributed by atoms with Gasteiger partial charge in [-0.15, -0.1) is 0 Å². The van der Waals surface area contributed by atoms with Crippen molar-refractivity contribution in [1.29, 1.82) is 0 Å². The summed E-state index contributed by atoms with van der Waals surface area (Å²) in [6.07, 6.45) is -16.3. The van der Waals surface area contributed by atoms with Gasteiger partial charge in [-0.2, -0.15) is 0 Å². The number of aliphatic hydroxyl groups excluding tert-OH is 8. The van der Waals surface area contributed by atoms with E-state index in [2.05, 4.69) is 0 Å². The van der Waals surface area contributed by atoms with Crippen molar-refractivity contribution in [1.82, 2.24) is 0 Å². The van der Waals surface area contributed by atoms with Gasteiger partial charge in [0.25, 0.3) is 0 Å². The third-order valence-corrected chi connectivity index (χ3v) is 3.99. The van der Waals surface area contributed by atoms with E-state index in [0.717, 1.165) is 0 Å². The number of hydrogen-bond acceptors (Lipinski definition) is 11. The maximum atomic E-state index is 10.6. The minimum atomic E-state index is -3.00. The number of aliphatic hydroxyl groups is 9. The van der Waals surface area contributed by atoms with E-state index in [1.165, 1.54) is 0 Å². The number of hydrogen-bond donors (Lipinski definition) is 9. The average molecular weight is 342 g/mol. The normalized spacial score (nSPS) is 38.4. The van der Waals surface area contributed by atoms with E-state index in [1.807, 2.05) is 0 Å². The van der Waals surface area contributed by atoms with Crippen molar-refractivity contribution in [2.24, 2.45) is 0 Å². The van der Waals surface area contributed by atoms with Crippen LogP contribution in [0.3, 0.4) is 0 Å². The van der Waals surface area contributed by atoms with E-state index in [0.29, 0.717) is 0 Å². The minimum Gasteiger partial charge on any atom is -0.394 e. The standard InChI is InChI=1S/C12H22O11/c13-1-4(16)10(21)12(22,6(17)3-15)11-9(20)8(19)7(18)5(2-14)23-11/h1,4-11,14-22H,2-3H2/t4-,5+,6+,7+,8-,9-,10+,11?,12+/m0/s1. The second-order valence-corrected chi connectivity index (χ2v) is 5.41. The molecule has 1 saturated heterocycles. The van der Waals surface area contributed by atoms with Crippen molar-refractivity contribution in [3.63, 3.8) is 0 Å². The van der Waals surface area contributed by atoms with Crippen LogP contribution >= 0.6 is 0 Å². The van der Waals surface area contributed by atoms with Crippen LogP contribution in [0.2, 0.25) is 0 Å². The van der Waals surface area contributed by atoms with Gasteiger partial charge in [0.05, 0.1) is 13.2 Å². The Morgan fingerprint density at radius 1 is 1.04 bits per heavy atom. The van der Waals surface area contributed by atoms with Gasteiger partial charge in [-0.25, -0.2) is 0 Å². The molecule has 0 bridgehead atoms. The smallest absolute Gasteiger partial charge is 0.151 e. The van der Waals surface area contributed by atoms with Crippen molar-refractivity contribution in [3.05, 3.63) is 0 Å². The lowest BCUT2D eigenvalue weighted by Crippen LogP contribution is -2.73. The molecule has 1 heterocycles. The van der Waals surface area contributed by atoms with Crippen molar-refractivity contribution in [2.45, 2.75) is 54.4 Å². The molecule has 1 rings (SSSR count). The molecule has 0 aromatic rings. The molecule has 1 fully saturated rings. The highest BCUT2D eigenvalue weighted by Gasteiger charge is 2.59.